The van der Waals surface area contributed by atoms with Crippen molar-refractivity contribution in [1.29, 1.82) is 5.26 Å². The number of nitriles is 1. The molecule has 2 rings (SSSR count). The third kappa shape index (κ3) is 4.27. The van der Waals surface area contributed by atoms with Gasteiger partial charge in [0.05, 0.1) is 39.4 Å². The number of nitrogens with one attached hydrogen (secondary N) is 1. The van der Waals surface area contributed by atoms with E-state index in [9.17, 15) is 0 Å². The summed E-state index contributed by atoms with van der Waals surface area (Å²) in [6.07, 6.45) is 1.87. The molecule has 1 aromatic rings. The summed E-state index contributed by atoms with van der Waals surface area (Å²) in [6.45, 7) is 4.37. The number of nitrogens with zero attached hydrogens (tertiary/aromatic N) is 3. The summed E-state index contributed by atoms with van der Waals surface area (Å²) in [5.74, 6) is 0.710. The third-order valence-electron chi connectivity index (χ3n) is 3.15. The van der Waals surface area contributed by atoms with Gasteiger partial charge >= 0.3 is 0 Å². The van der Waals surface area contributed by atoms with Crippen LogP contribution >= 0.6 is 0 Å². The molecule has 0 atom stereocenters. The van der Waals surface area contributed by atoms with Gasteiger partial charge in [0.15, 0.2) is 6.61 Å². The molecule has 1 heterocycles. The van der Waals surface area contributed by atoms with E-state index in [1.54, 1.807) is 4.90 Å². The van der Waals surface area contributed by atoms with E-state index in [1.165, 1.54) is 0 Å². The zero-order valence-corrected chi connectivity index (χ0v) is 11.2. The van der Waals surface area contributed by atoms with Gasteiger partial charge in [0.1, 0.15) is 11.8 Å². The van der Waals surface area contributed by atoms with Crippen molar-refractivity contribution < 1.29 is 9.64 Å². The van der Waals surface area contributed by atoms with E-state index >= 15 is 0 Å². The minimum absolute atomic E-state index is 0.0804. The van der Waals surface area contributed by atoms with E-state index in [1.807, 2.05) is 36.5 Å². The average molecular weight is 259 g/mol. The second kappa shape index (κ2) is 6.76. The summed E-state index contributed by atoms with van der Waals surface area (Å²) in [6, 6.07) is 9.54. The van der Waals surface area contributed by atoms with Crippen molar-refractivity contribution in [3.63, 3.8) is 0 Å². The predicted molar refractivity (Wildman–Crippen MR) is 73.3 cm³/mol. The molecule has 100 valence electrons. The van der Waals surface area contributed by atoms with E-state index in [2.05, 4.69) is 17.2 Å². The van der Waals surface area contributed by atoms with Crippen molar-refractivity contribution in [3.8, 4) is 11.8 Å². The molecule has 1 fully saturated rings. The Bertz CT molecular complexity index is 455. The number of hydrogen-bond donors (Lipinski definition) is 1. The van der Waals surface area contributed by atoms with E-state index in [-0.39, 0.29) is 6.61 Å². The molecular formula is C14H19N4O+. The third-order valence-corrected chi connectivity index (χ3v) is 3.15. The van der Waals surface area contributed by atoms with Gasteiger partial charge in [-0.05, 0) is 29.8 Å². The van der Waals surface area contributed by atoms with Crippen LogP contribution in [0, 0.1) is 11.3 Å². The lowest BCUT2D eigenvalue weighted by atomic mass is 10.2. The molecule has 0 saturated carbocycles. The number of likely N-dealkylation sites (N-methyl/N-ethyl adjacent to an activating group) is 1. The SMILES string of the molecule is C[NH+]1CCN(/N=C\c2ccc(OCC#N)cc2)CC1. The summed E-state index contributed by atoms with van der Waals surface area (Å²) < 4.78 is 5.20. The highest BCUT2D eigenvalue weighted by Crippen LogP contribution is 2.10. The highest BCUT2D eigenvalue weighted by molar-refractivity contribution is 5.79. The maximum absolute atomic E-state index is 8.43. The predicted octanol–water partition coefficient (Wildman–Crippen LogP) is -0.247. The Balaban J connectivity index is 1.87. The van der Waals surface area contributed by atoms with Crippen molar-refractivity contribution in [2.45, 2.75) is 0 Å². The number of rotatable bonds is 4. The highest BCUT2D eigenvalue weighted by atomic mass is 16.5. The Morgan fingerprint density at radius 2 is 2.05 bits per heavy atom. The quantitative estimate of drug-likeness (QED) is 0.759. The Morgan fingerprint density at radius 1 is 1.37 bits per heavy atom. The minimum atomic E-state index is 0.0804. The maximum Gasteiger partial charge on any atom is 0.174 e. The van der Waals surface area contributed by atoms with E-state index in [4.69, 9.17) is 10.00 Å². The van der Waals surface area contributed by atoms with Crippen LogP contribution in [0.25, 0.3) is 0 Å². The monoisotopic (exact) mass is 259 g/mol. The number of hydrogen-bond acceptors (Lipinski definition) is 4. The van der Waals surface area contributed by atoms with Crippen LogP contribution in [-0.2, 0) is 0 Å². The van der Waals surface area contributed by atoms with E-state index in [0.717, 1.165) is 31.7 Å². The van der Waals surface area contributed by atoms with Crippen molar-refractivity contribution in [2.24, 2.45) is 5.10 Å². The Labute approximate surface area is 113 Å². The van der Waals surface area contributed by atoms with Gasteiger partial charge in [-0.1, -0.05) is 0 Å². The number of quaternary nitrogens is 1. The number of ether oxygens (including phenoxy) is 1. The van der Waals surface area contributed by atoms with Gasteiger partial charge in [-0.2, -0.15) is 10.4 Å². The first-order valence-corrected chi connectivity index (χ1v) is 6.48. The molecule has 0 spiro atoms. The second-order valence-electron chi connectivity index (χ2n) is 4.67. The molecule has 5 nitrogen and oxygen atoms in total. The smallest absolute Gasteiger partial charge is 0.174 e. The summed E-state index contributed by atoms with van der Waals surface area (Å²) in [5.41, 5.74) is 1.04. The van der Waals surface area contributed by atoms with Crippen LogP contribution in [0.4, 0.5) is 0 Å². The van der Waals surface area contributed by atoms with Gasteiger partial charge in [-0.15, -0.1) is 0 Å². The maximum atomic E-state index is 8.43. The van der Waals surface area contributed by atoms with Gasteiger partial charge in [0, 0.05) is 0 Å². The number of hydrazone groups is 1. The van der Waals surface area contributed by atoms with Crippen LogP contribution in [-0.4, -0.2) is 51.1 Å². The first-order chi connectivity index (χ1) is 9.28. The molecule has 1 aliphatic rings. The zero-order valence-electron chi connectivity index (χ0n) is 11.2. The molecule has 0 amide bonds. The number of piperazine rings is 1. The molecule has 19 heavy (non-hydrogen) atoms. The molecule has 0 unspecified atom stereocenters. The van der Waals surface area contributed by atoms with Gasteiger partial charge in [-0.25, -0.2) is 0 Å². The highest BCUT2D eigenvalue weighted by Gasteiger charge is 2.13. The first kappa shape index (κ1) is 13.4. The van der Waals surface area contributed by atoms with Crippen molar-refractivity contribution >= 4 is 6.21 Å². The fourth-order valence-corrected chi connectivity index (χ4v) is 1.91. The molecule has 5 heteroatoms. The lowest BCUT2D eigenvalue weighted by Crippen LogP contribution is -3.11. The van der Waals surface area contributed by atoms with Crippen LogP contribution in [0.1, 0.15) is 5.56 Å². The normalized spacial score (nSPS) is 16.5. The standard InChI is InChI=1S/C14H18N4O/c1-17-7-9-18(10-8-17)16-12-13-2-4-14(5-3-13)19-11-6-15/h2-5,12H,7-11H2,1H3/p+1/b16-12-. The lowest BCUT2D eigenvalue weighted by Gasteiger charge is -2.27. The largest absolute Gasteiger partial charge is 0.479 e. The average Bonchev–Trinajstić information content (AvgIpc) is 2.46. The van der Waals surface area contributed by atoms with Crippen molar-refractivity contribution in [1.82, 2.24) is 5.01 Å². The Morgan fingerprint density at radius 3 is 2.68 bits per heavy atom. The van der Waals surface area contributed by atoms with Crippen LogP contribution in [0.3, 0.4) is 0 Å². The summed E-state index contributed by atoms with van der Waals surface area (Å²) in [5, 5.41) is 15.0. The van der Waals surface area contributed by atoms with Gasteiger partial charge in [-0.3, -0.25) is 5.01 Å². The van der Waals surface area contributed by atoms with E-state index in [0.29, 0.717) is 5.75 Å². The molecule has 0 aliphatic carbocycles. The molecule has 1 N–H and O–H groups in total. The van der Waals surface area contributed by atoms with Crippen molar-refractivity contribution in [3.05, 3.63) is 29.8 Å². The zero-order chi connectivity index (χ0) is 13.5. The fraction of sp³-hybridized carbons (Fsp3) is 0.429. The van der Waals surface area contributed by atoms with Crippen LogP contribution in [0.2, 0.25) is 0 Å². The molecule has 1 aromatic carbocycles. The molecule has 0 aromatic heterocycles. The molecule has 0 bridgehead atoms. The molecule has 1 aliphatic heterocycles. The topological polar surface area (TPSA) is 53.1 Å². The van der Waals surface area contributed by atoms with Gasteiger partial charge in [0.2, 0.25) is 0 Å². The van der Waals surface area contributed by atoms with Gasteiger partial charge < -0.3 is 9.64 Å². The van der Waals surface area contributed by atoms with Crippen molar-refractivity contribution in [2.75, 3.05) is 39.8 Å². The molecular weight excluding hydrogens is 240 g/mol. The van der Waals surface area contributed by atoms with Gasteiger partial charge in [0.25, 0.3) is 0 Å². The second-order valence-corrected chi connectivity index (χ2v) is 4.67. The van der Waals surface area contributed by atoms with Crippen LogP contribution < -0.4 is 9.64 Å². The van der Waals surface area contributed by atoms with Crippen LogP contribution in [0.15, 0.2) is 29.4 Å². The molecule has 0 radical (unpaired) electrons. The summed E-state index contributed by atoms with van der Waals surface area (Å²) in [4.78, 5) is 1.56. The van der Waals surface area contributed by atoms with Crippen LogP contribution in [0.5, 0.6) is 5.75 Å². The summed E-state index contributed by atoms with van der Waals surface area (Å²) >= 11 is 0. The molecule has 1 saturated heterocycles. The summed E-state index contributed by atoms with van der Waals surface area (Å²) in [7, 11) is 2.21. The minimum Gasteiger partial charge on any atom is -0.479 e. The fourth-order valence-electron chi connectivity index (χ4n) is 1.91. The first-order valence-electron chi connectivity index (χ1n) is 6.48. The Hall–Kier alpha value is -2.06. The van der Waals surface area contributed by atoms with E-state index < -0.39 is 0 Å². The lowest BCUT2D eigenvalue weighted by molar-refractivity contribution is -0.884. The number of benzene rings is 1. The Kier molecular flexibility index (Phi) is 4.76.